The van der Waals surface area contributed by atoms with Gasteiger partial charge in [-0.1, -0.05) is 47.5 Å². The zero-order chi connectivity index (χ0) is 11.7. The largest absolute Gasteiger partial charge is 0.327 e. The van der Waals surface area contributed by atoms with Crippen LogP contribution in [0.4, 0.5) is 0 Å². The summed E-state index contributed by atoms with van der Waals surface area (Å²) in [7, 11) is -0.704. The second-order valence-electron chi connectivity index (χ2n) is 4.45. The van der Waals surface area contributed by atoms with Gasteiger partial charge in [0.25, 0.3) is 0 Å². The fourth-order valence-electron chi connectivity index (χ4n) is 1.88. The van der Waals surface area contributed by atoms with E-state index in [-0.39, 0.29) is 0 Å². The number of nitrogens with zero attached hydrogens (tertiary/aromatic N) is 1. The Labute approximate surface area is 98.1 Å². The van der Waals surface area contributed by atoms with Gasteiger partial charge in [-0.15, -0.1) is 0 Å². The molecule has 0 spiro atoms. The Bertz CT molecular complexity index is 138. The monoisotopic (exact) mass is 230 g/mol. The quantitative estimate of drug-likeness (QED) is 0.484. The van der Waals surface area contributed by atoms with E-state index in [4.69, 9.17) is 0 Å². The molecule has 0 bridgehead atoms. The first-order chi connectivity index (χ1) is 7.19. The average molecular weight is 230 g/mol. The van der Waals surface area contributed by atoms with E-state index in [1.54, 1.807) is 0 Å². The smallest absolute Gasteiger partial charge is 0.112 e. The van der Waals surface area contributed by atoms with Crippen molar-refractivity contribution in [3.8, 4) is 0 Å². The number of hydrogen-bond donors (Lipinski definition) is 1. The van der Waals surface area contributed by atoms with Crippen molar-refractivity contribution in [1.82, 2.24) is 9.88 Å². The second-order valence-corrected chi connectivity index (χ2v) is 7.78. The Hall–Kier alpha value is 0.137. The number of nitrogens with one attached hydrogen (secondary N) is 1. The van der Waals surface area contributed by atoms with Gasteiger partial charge in [-0.2, -0.15) is 0 Å². The fraction of sp³-hybridized carbons (Fsp3) is 1.00. The van der Waals surface area contributed by atoms with Gasteiger partial charge in [0.15, 0.2) is 0 Å². The van der Waals surface area contributed by atoms with Crippen LogP contribution < -0.4 is 4.98 Å². The molecule has 0 amide bonds. The van der Waals surface area contributed by atoms with Gasteiger partial charge in [-0.3, -0.25) is 4.90 Å². The minimum Gasteiger partial charge on any atom is -0.327 e. The topological polar surface area (TPSA) is 15.3 Å². The van der Waals surface area contributed by atoms with Gasteiger partial charge in [0.05, 0.1) is 0 Å². The van der Waals surface area contributed by atoms with E-state index in [1.165, 1.54) is 18.9 Å². The van der Waals surface area contributed by atoms with Gasteiger partial charge in [-0.05, 0) is 24.7 Å². The van der Waals surface area contributed by atoms with Crippen LogP contribution >= 0.6 is 0 Å². The molecular weight excluding hydrogens is 200 g/mol. The molecule has 2 atom stereocenters. The molecule has 0 aliphatic heterocycles. The molecule has 0 radical (unpaired) electrons. The van der Waals surface area contributed by atoms with Crippen molar-refractivity contribution < 1.29 is 0 Å². The molecule has 92 valence electrons. The summed E-state index contributed by atoms with van der Waals surface area (Å²) in [6.45, 7) is 15.0. The van der Waals surface area contributed by atoms with Crippen molar-refractivity contribution in [3.63, 3.8) is 0 Å². The lowest BCUT2D eigenvalue weighted by Crippen LogP contribution is -2.44. The van der Waals surface area contributed by atoms with Gasteiger partial charge in [0.1, 0.15) is 8.96 Å². The molecule has 0 aromatic heterocycles. The van der Waals surface area contributed by atoms with Crippen LogP contribution in [0.5, 0.6) is 0 Å². The molecule has 0 saturated heterocycles. The van der Waals surface area contributed by atoms with Crippen molar-refractivity contribution in [2.75, 3.05) is 19.8 Å². The molecule has 0 aromatic rings. The van der Waals surface area contributed by atoms with Crippen LogP contribution in [0.2, 0.25) is 11.6 Å². The molecule has 0 aromatic carbocycles. The maximum Gasteiger partial charge on any atom is 0.112 e. The predicted molar refractivity (Wildman–Crippen MR) is 72.9 cm³/mol. The van der Waals surface area contributed by atoms with Crippen molar-refractivity contribution in [3.05, 3.63) is 0 Å². The highest BCUT2D eigenvalue weighted by atomic mass is 28.3. The van der Waals surface area contributed by atoms with Crippen LogP contribution in [-0.4, -0.2) is 33.6 Å². The Morgan fingerprint density at radius 2 is 1.73 bits per heavy atom. The van der Waals surface area contributed by atoms with Crippen molar-refractivity contribution in [1.29, 1.82) is 0 Å². The zero-order valence-corrected chi connectivity index (χ0v) is 12.5. The van der Waals surface area contributed by atoms with E-state index in [9.17, 15) is 0 Å². The standard InChI is InChI=1S/C12H30N2Si/c1-6-10-15(12(5)7-2)13-11-14(8-3)9-4/h12-13,15H,6-11H2,1-5H3. The molecule has 0 heterocycles. The van der Waals surface area contributed by atoms with Crippen LogP contribution in [-0.2, 0) is 0 Å². The highest BCUT2D eigenvalue weighted by Gasteiger charge is 2.16. The van der Waals surface area contributed by atoms with E-state index in [0.29, 0.717) is 0 Å². The van der Waals surface area contributed by atoms with Gasteiger partial charge >= 0.3 is 0 Å². The third kappa shape index (κ3) is 6.33. The molecule has 2 nitrogen and oxygen atoms in total. The Balaban J connectivity index is 3.93. The van der Waals surface area contributed by atoms with Crippen LogP contribution in [0.1, 0.15) is 47.5 Å². The first-order valence-electron chi connectivity index (χ1n) is 6.65. The lowest BCUT2D eigenvalue weighted by atomic mass is 10.4. The second kappa shape index (κ2) is 9.37. The molecular formula is C12H30N2Si. The zero-order valence-electron chi connectivity index (χ0n) is 11.3. The third-order valence-corrected chi connectivity index (χ3v) is 7.15. The molecule has 2 unspecified atom stereocenters. The Morgan fingerprint density at radius 3 is 2.13 bits per heavy atom. The summed E-state index contributed by atoms with van der Waals surface area (Å²) in [5, 5.41) is 0. The molecule has 0 saturated carbocycles. The van der Waals surface area contributed by atoms with Gasteiger partial charge in [0.2, 0.25) is 0 Å². The average Bonchev–Trinajstić information content (AvgIpc) is 2.27. The maximum atomic E-state index is 3.84. The van der Waals surface area contributed by atoms with E-state index in [1.807, 2.05) is 0 Å². The number of rotatable bonds is 9. The van der Waals surface area contributed by atoms with Crippen LogP contribution in [0.3, 0.4) is 0 Å². The van der Waals surface area contributed by atoms with E-state index in [0.717, 1.165) is 25.3 Å². The fourth-order valence-corrected chi connectivity index (χ4v) is 4.74. The normalized spacial score (nSPS) is 15.6. The van der Waals surface area contributed by atoms with Crippen molar-refractivity contribution in [2.24, 2.45) is 0 Å². The minimum atomic E-state index is -0.704. The van der Waals surface area contributed by atoms with E-state index < -0.39 is 8.96 Å². The Morgan fingerprint density at radius 1 is 1.13 bits per heavy atom. The summed E-state index contributed by atoms with van der Waals surface area (Å²) in [6.07, 6.45) is 2.68. The van der Waals surface area contributed by atoms with Crippen LogP contribution in [0.15, 0.2) is 0 Å². The van der Waals surface area contributed by atoms with Crippen LogP contribution in [0, 0.1) is 0 Å². The first-order valence-corrected chi connectivity index (χ1v) is 8.71. The first kappa shape index (κ1) is 15.1. The summed E-state index contributed by atoms with van der Waals surface area (Å²) in [6, 6.07) is 1.44. The highest BCUT2D eigenvalue weighted by molar-refractivity contribution is 6.57. The van der Waals surface area contributed by atoms with E-state index >= 15 is 0 Å². The van der Waals surface area contributed by atoms with Crippen LogP contribution in [0.25, 0.3) is 0 Å². The summed E-state index contributed by atoms with van der Waals surface area (Å²) < 4.78 is 0. The third-order valence-electron chi connectivity index (χ3n) is 3.40. The lowest BCUT2D eigenvalue weighted by molar-refractivity contribution is 0.299. The SMILES string of the molecule is CCC[SiH](NCN(CC)CC)C(C)CC. The molecule has 3 heteroatoms. The molecule has 0 rings (SSSR count). The highest BCUT2D eigenvalue weighted by Crippen LogP contribution is 2.16. The van der Waals surface area contributed by atoms with E-state index in [2.05, 4.69) is 44.5 Å². The summed E-state index contributed by atoms with van der Waals surface area (Å²) in [4.78, 5) is 6.31. The minimum absolute atomic E-state index is 0.704. The van der Waals surface area contributed by atoms with Crippen molar-refractivity contribution >= 4 is 8.96 Å². The van der Waals surface area contributed by atoms with Gasteiger partial charge in [0, 0.05) is 6.67 Å². The summed E-state index contributed by atoms with van der Waals surface area (Å²) >= 11 is 0. The molecule has 0 aliphatic rings. The maximum absolute atomic E-state index is 3.84. The molecule has 0 fully saturated rings. The Kier molecular flexibility index (Phi) is 9.45. The number of hydrogen-bond acceptors (Lipinski definition) is 2. The summed E-state index contributed by atoms with van der Waals surface area (Å²) in [5.41, 5.74) is 0.931. The van der Waals surface area contributed by atoms with Gasteiger partial charge in [-0.25, -0.2) is 0 Å². The summed E-state index contributed by atoms with van der Waals surface area (Å²) in [5.74, 6) is 0. The molecule has 1 N–H and O–H groups in total. The lowest BCUT2D eigenvalue weighted by Gasteiger charge is -2.26. The van der Waals surface area contributed by atoms with Crippen molar-refractivity contribution in [2.45, 2.75) is 59.0 Å². The molecule has 15 heavy (non-hydrogen) atoms. The molecule has 0 aliphatic carbocycles. The van der Waals surface area contributed by atoms with Gasteiger partial charge < -0.3 is 4.98 Å². The predicted octanol–water partition coefficient (Wildman–Crippen LogP) is 2.81.